The van der Waals surface area contributed by atoms with Gasteiger partial charge in [-0.15, -0.1) is 0 Å². The van der Waals surface area contributed by atoms with Gasteiger partial charge in [-0.25, -0.2) is 0 Å². The average molecular weight is 502 g/mol. The van der Waals surface area contributed by atoms with Gasteiger partial charge < -0.3 is 9.47 Å². The van der Waals surface area contributed by atoms with Crippen LogP contribution in [0.5, 0.6) is 0 Å². The Bertz CT molecular complexity index is 1090. The summed E-state index contributed by atoms with van der Waals surface area (Å²) in [7, 11) is 0. The molecule has 188 valence electrons. The summed E-state index contributed by atoms with van der Waals surface area (Å²) in [6.07, 6.45) is 4.45. The predicted octanol–water partition coefficient (Wildman–Crippen LogP) is 3.47. The normalized spacial score (nSPS) is 39.9. The van der Waals surface area contributed by atoms with E-state index in [1.165, 1.54) is 13.8 Å². The van der Waals surface area contributed by atoms with Gasteiger partial charge in [0.25, 0.3) is 0 Å². The quantitative estimate of drug-likeness (QED) is 0.411. The third-order valence-corrected chi connectivity index (χ3v) is 10.7. The first-order chi connectivity index (χ1) is 16.4. The van der Waals surface area contributed by atoms with E-state index in [4.69, 9.17) is 9.47 Å². The zero-order valence-electron chi connectivity index (χ0n) is 20.6. The topological polar surface area (TPSA) is 128 Å². The lowest BCUT2D eigenvalue weighted by atomic mass is 9.45. The number of carbonyl (C=O) groups excluding carboxylic acids is 5. The number of ketones is 3. The Morgan fingerprint density at radius 1 is 1.09 bits per heavy atom. The lowest BCUT2D eigenvalue weighted by Crippen LogP contribution is -2.69. The minimum absolute atomic E-state index is 0.0429. The van der Waals surface area contributed by atoms with Crippen LogP contribution in [0.3, 0.4) is 0 Å². The summed E-state index contributed by atoms with van der Waals surface area (Å²) >= 11 is 1.00. The van der Waals surface area contributed by atoms with Crippen LogP contribution in [-0.2, 0) is 33.4 Å². The van der Waals surface area contributed by atoms with Gasteiger partial charge in [0.05, 0.1) is 0 Å². The molecule has 0 aromatic rings. The average Bonchev–Trinajstić information content (AvgIpc) is 3.05. The highest BCUT2D eigenvalue weighted by molar-refractivity contribution is 8.05. The number of Topliss-reactive ketones (excluding diaryl/α,β-unsaturated/α-hetero) is 2. The van der Waals surface area contributed by atoms with Crippen molar-refractivity contribution in [2.75, 3.05) is 6.61 Å². The number of allylic oxidation sites excluding steroid dienone is 1. The van der Waals surface area contributed by atoms with Gasteiger partial charge in [0.15, 0.2) is 23.8 Å². The molecule has 0 saturated heterocycles. The van der Waals surface area contributed by atoms with Crippen molar-refractivity contribution in [2.45, 2.75) is 83.0 Å². The number of carbonyl (C=O) groups is 5. The predicted molar refractivity (Wildman–Crippen MR) is 126 cm³/mol. The van der Waals surface area contributed by atoms with E-state index >= 15 is 0 Å². The summed E-state index contributed by atoms with van der Waals surface area (Å²) in [6.45, 7) is 5.73. The number of thiocyanates is 1. The van der Waals surface area contributed by atoms with Gasteiger partial charge in [-0.3, -0.25) is 24.0 Å². The first-order valence-electron chi connectivity index (χ1n) is 12.1. The molecule has 35 heavy (non-hydrogen) atoms. The summed E-state index contributed by atoms with van der Waals surface area (Å²) in [6, 6.07) is 0. The van der Waals surface area contributed by atoms with Crippen LogP contribution in [0.4, 0.5) is 0 Å². The van der Waals surface area contributed by atoms with E-state index in [1.807, 2.05) is 13.8 Å². The number of esters is 2. The van der Waals surface area contributed by atoms with Crippen LogP contribution in [0.15, 0.2) is 11.6 Å². The molecule has 6 unspecified atom stereocenters. The fourth-order valence-electron chi connectivity index (χ4n) is 7.83. The summed E-state index contributed by atoms with van der Waals surface area (Å²) in [5.41, 5.74) is -2.30. The molecular formula is C26H31NO7S. The van der Waals surface area contributed by atoms with E-state index in [2.05, 4.69) is 5.40 Å². The molecule has 0 radical (unpaired) electrons. The SMILES string of the molecule is CC(=O)OCC(=O)C1(OC(C)=O)CCC2C3CCC4=CC(=O)CCC4(C)C3(SC#N)C(=O)CC21C. The number of rotatable bonds is 5. The summed E-state index contributed by atoms with van der Waals surface area (Å²) in [4.78, 5) is 63.6. The Kier molecular flexibility index (Phi) is 6.28. The fourth-order valence-corrected chi connectivity index (χ4v) is 9.05. The Morgan fingerprint density at radius 3 is 2.43 bits per heavy atom. The first kappa shape index (κ1) is 25.6. The lowest BCUT2D eigenvalue weighted by Gasteiger charge is -2.63. The number of thioether (sulfide) groups is 1. The standard InChI is InChI=1S/C26H31NO7S/c1-15(28)33-13-22(32)25(34-16(2)29)10-8-19-20-6-5-17-11-18(30)7-9-23(17,3)26(20,35-14-27)21(31)12-24(19,25)4/h11,19-20H,5-10,12-13H2,1-4H3. The number of hydrogen-bond donors (Lipinski definition) is 0. The molecule has 4 aliphatic rings. The zero-order valence-corrected chi connectivity index (χ0v) is 21.4. The highest BCUT2D eigenvalue weighted by atomic mass is 32.2. The maximum Gasteiger partial charge on any atom is 0.303 e. The van der Waals surface area contributed by atoms with E-state index in [0.717, 1.165) is 17.3 Å². The van der Waals surface area contributed by atoms with Crippen LogP contribution in [0.1, 0.15) is 72.6 Å². The third-order valence-electron chi connectivity index (χ3n) is 9.34. The van der Waals surface area contributed by atoms with E-state index in [1.54, 1.807) is 6.08 Å². The molecule has 9 heteroatoms. The van der Waals surface area contributed by atoms with E-state index in [0.29, 0.717) is 32.1 Å². The van der Waals surface area contributed by atoms with Crippen molar-refractivity contribution in [3.63, 3.8) is 0 Å². The van der Waals surface area contributed by atoms with Gasteiger partial charge >= 0.3 is 11.9 Å². The number of hydrogen-bond acceptors (Lipinski definition) is 9. The minimum atomic E-state index is -1.59. The molecule has 0 aromatic heterocycles. The highest BCUT2D eigenvalue weighted by Gasteiger charge is 2.75. The number of fused-ring (bicyclic) bond motifs is 5. The molecule has 4 aliphatic carbocycles. The van der Waals surface area contributed by atoms with E-state index in [9.17, 15) is 29.2 Å². The molecule has 0 aromatic carbocycles. The van der Waals surface area contributed by atoms with Crippen molar-refractivity contribution < 1.29 is 33.4 Å². The van der Waals surface area contributed by atoms with Gasteiger partial charge in [-0.2, -0.15) is 5.26 Å². The van der Waals surface area contributed by atoms with E-state index < -0.39 is 45.5 Å². The van der Waals surface area contributed by atoms with Crippen molar-refractivity contribution in [3.8, 4) is 5.40 Å². The Hall–Kier alpha value is -2.47. The summed E-state index contributed by atoms with van der Waals surface area (Å²) in [5.74, 6) is -2.27. The molecule has 0 amide bonds. The smallest absolute Gasteiger partial charge is 0.303 e. The van der Waals surface area contributed by atoms with Crippen molar-refractivity contribution in [2.24, 2.45) is 22.7 Å². The van der Waals surface area contributed by atoms with Crippen LogP contribution in [-0.4, -0.2) is 46.2 Å². The zero-order chi connectivity index (χ0) is 25.8. The minimum Gasteiger partial charge on any atom is -0.458 e. The second-order valence-electron chi connectivity index (χ2n) is 10.8. The molecule has 8 nitrogen and oxygen atoms in total. The lowest BCUT2D eigenvalue weighted by molar-refractivity contribution is -0.190. The van der Waals surface area contributed by atoms with Gasteiger partial charge in [0, 0.05) is 37.5 Å². The Morgan fingerprint density at radius 2 is 1.80 bits per heavy atom. The van der Waals surface area contributed by atoms with E-state index in [-0.39, 0.29) is 36.2 Å². The number of nitrogens with zero attached hydrogens (tertiary/aromatic N) is 1. The highest BCUT2D eigenvalue weighted by Crippen LogP contribution is 2.72. The summed E-state index contributed by atoms with van der Waals surface area (Å²) in [5, 5.41) is 12.1. The fraction of sp³-hybridized carbons (Fsp3) is 0.692. The Labute approximate surface area is 209 Å². The molecule has 0 heterocycles. The van der Waals surface area contributed by atoms with Crippen LogP contribution < -0.4 is 0 Å². The van der Waals surface area contributed by atoms with Crippen LogP contribution in [0, 0.1) is 33.3 Å². The van der Waals surface area contributed by atoms with Gasteiger partial charge in [0.1, 0.15) is 10.1 Å². The molecule has 6 atom stereocenters. The largest absolute Gasteiger partial charge is 0.458 e. The molecule has 0 aliphatic heterocycles. The van der Waals surface area contributed by atoms with Crippen molar-refractivity contribution in [1.29, 1.82) is 5.26 Å². The molecule has 0 N–H and O–H groups in total. The molecule has 4 rings (SSSR count). The second-order valence-corrected chi connectivity index (χ2v) is 11.9. The second kappa shape index (κ2) is 8.58. The van der Waals surface area contributed by atoms with Crippen LogP contribution in [0.2, 0.25) is 0 Å². The van der Waals surface area contributed by atoms with Crippen LogP contribution >= 0.6 is 11.8 Å². The number of nitriles is 1. The van der Waals surface area contributed by atoms with Crippen LogP contribution in [0.25, 0.3) is 0 Å². The molecule has 0 spiro atoms. The van der Waals surface area contributed by atoms with Crippen molar-refractivity contribution >= 4 is 41.1 Å². The van der Waals surface area contributed by atoms with Gasteiger partial charge in [-0.1, -0.05) is 19.4 Å². The monoisotopic (exact) mass is 501 g/mol. The maximum absolute atomic E-state index is 14.3. The summed E-state index contributed by atoms with van der Waals surface area (Å²) < 4.78 is 9.72. The first-order valence-corrected chi connectivity index (χ1v) is 12.9. The molecular weight excluding hydrogens is 470 g/mol. The molecule has 0 bridgehead atoms. The molecule has 3 fully saturated rings. The Balaban J connectivity index is 1.83. The molecule has 3 saturated carbocycles. The van der Waals surface area contributed by atoms with Gasteiger partial charge in [0.2, 0.25) is 5.78 Å². The van der Waals surface area contributed by atoms with Gasteiger partial charge in [-0.05, 0) is 61.8 Å². The third kappa shape index (κ3) is 3.43. The van der Waals surface area contributed by atoms with Crippen molar-refractivity contribution in [1.82, 2.24) is 0 Å². The number of ether oxygens (including phenoxy) is 2. The maximum atomic E-state index is 14.3. The van der Waals surface area contributed by atoms with Crippen molar-refractivity contribution in [3.05, 3.63) is 11.6 Å².